The highest BCUT2D eigenvalue weighted by molar-refractivity contribution is 6.26. The third-order valence-corrected chi connectivity index (χ3v) is 10.8. The van der Waals surface area contributed by atoms with Gasteiger partial charge in [-0.1, -0.05) is 109 Å². The summed E-state index contributed by atoms with van der Waals surface area (Å²) >= 11 is 0. The van der Waals surface area contributed by atoms with Crippen molar-refractivity contribution in [3.63, 3.8) is 0 Å². The molecule has 0 aliphatic rings. The molecule has 8 aromatic carbocycles. The smallest absolute Gasteiger partial charge is 0.147 e. The van der Waals surface area contributed by atoms with Crippen molar-refractivity contribution in [3.8, 4) is 22.3 Å². The summed E-state index contributed by atoms with van der Waals surface area (Å²) in [5.74, 6) is 0. The Bertz CT molecular complexity index is 3420. The Labute approximate surface area is 290 Å². The van der Waals surface area contributed by atoms with Crippen LogP contribution in [-0.2, 0) is 0 Å². The molecule has 4 heterocycles. The van der Waals surface area contributed by atoms with Gasteiger partial charge >= 0.3 is 0 Å². The van der Waals surface area contributed by atoms with E-state index in [-0.39, 0.29) is 0 Å². The predicted molar refractivity (Wildman–Crippen MR) is 211 cm³/mol. The first kappa shape index (κ1) is 27.0. The van der Waals surface area contributed by atoms with Crippen LogP contribution >= 0.6 is 0 Å². The van der Waals surface area contributed by atoms with Crippen molar-refractivity contribution >= 4 is 93.0 Å². The van der Waals surface area contributed by atoms with Crippen LogP contribution in [0, 0.1) is 0 Å². The molecule has 0 unspecified atom stereocenters. The van der Waals surface area contributed by atoms with Crippen molar-refractivity contribution in [2.45, 2.75) is 0 Å². The van der Waals surface area contributed by atoms with Crippen LogP contribution < -0.4 is 0 Å². The Kier molecular flexibility index (Phi) is 5.20. The molecule has 12 aromatic rings. The third-order valence-electron chi connectivity index (χ3n) is 10.8. The molecule has 0 aliphatic heterocycles. The van der Waals surface area contributed by atoms with E-state index in [4.69, 9.17) is 13.8 Å². The standard InChI is InChI=1S/C47H26N2O2/c1-2-8-32-29(7-1)17-21-34-33-20-18-30(25-39(33)49-38-11-5-4-10-37(38)48-47(49)44(32)34)27-13-15-28(16-14-27)31-19-22-36-43(26-31)51-42-24-23-41-45(46(36)42)35-9-3-6-12-40(35)50-41/h1-26H. The topological polar surface area (TPSA) is 43.6 Å². The van der Waals surface area contributed by atoms with E-state index in [9.17, 15) is 0 Å². The van der Waals surface area contributed by atoms with E-state index < -0.39 is 0 Å². The van der Waals surface area contributed by atoms with Gasteiger partial charge in [0.15, 0.2) is 0 Å². The maximum absolute atomic E-state index is 6.44. The lowest BCUT2D eigenvalue weighted by molar-refractivity contribution is 0.663. The molecule has 51 heavy (non-hydrogen) atoms. The highest BCUT2D eigenvalue weighted by Crippen LogP contribution is 2.42. The lowest BCUT2D eigenvalue weighted by Gasteiger charge is -2.13. The van der Waals surface area contributed by atoms with Gasteiger partial charge in [-0.05, 0) is 86.9 Å². The van der Waals surface area contributed by atoms with Gasteiger partial charge in [-0.3, -0.25) is 4.40 Å². The number of aromatic nitrogens is 2. The number of imidazole rings is 1. The number of pyridine rings is 1. The number of para-hydroxylation sites is 3. The molecule has 0 radical (unpaired) electrons. The zero-order valence-electron chi connectivity index (χ0n) is 27.2. The van der Waals surface area contributed by atoms with Crippen molar-refractivity contribution in [1.82, 2.24) is 9.38 Å². The molecule has 12 rings (SSSR count). The van der Waals surface area contributed by atoms with Crippen molar-refractivity contribution < 1.29 is 8.83 Å². The number of benzene rings is 8. The number of hydrogen-bond donors (Lipinski definition) is 0. The van der Waals surface area contributed by atoms with Crippen molar-refractivity contribution in [3.05, 3.63) is 158 Å². The Balaban J connectivity index is 0.998. The minimum Gasteiger partial charge on any atom is -0.456 e. The molecule has 0 fully saturated rings. The van der Waals surface area contributed by atoms with E-state index in [2.05, 4.69) is 138 Å². The molecule has 236 valence electrons. The highest BCUT2D eigenvalue weighted by atomic mass is 16.3. The number of fused-ring (bicyclic) bond motifs is 17. The van der Waals surface area contributed by atoms with Gasteiger partial charge < -0.3 is 8.83 Å². The summed E-state index contributed by atoms with van der Waals surface area (Å²) in [6, 6.07) is 56.0. The van der Waals surface area contributed by atoms with Gasteiger partial charge in [-0.2, -0.15) is 0 Å². The first-order valence-electron chi connectivity index (χ1n) is 17.3. The van der Waals surface area contributed by atoms with Crippen LogP contribution in [0.2, 0.25) is 0 Å². The van der Waals surface area contributed by atoms with Gasteiger partial charge in [0.05, 0.1) is 16.6 Å². The van der Waals surface area contributed by atoms with Crippen LogP contribution in [0.4, 0.5) is 0 Å². The second-order valence-electron chi connectivity index (χ2n) is 13.5. The maximum Gasteiger partial charge on any atom is 0.147 e. The van der Waals surface area contributed by atoms with Crippen LogP contribution in [0.1, 0.15) is 0 Å². The molecule has 0 saturated carbocycles. The summed E-state index contributed by atoms with van der Waals surface area (Å²) in [6.45, 7) is 0. The second kappa shape index (κ2) is 9.84. The van der Waals surface area contributed by atoms with Gasteiger partial charge in [0.2, 0.25) is 0 Å². The molecule has 0 bridgehead atoms. The molecular weight excluding hydrogens is 625 g/mol. The lowest BCUT2D eigenvalue weighted by Crippen LogP contribution is -1.93. The highest BCUT2D eigenvalue weighted by Gasteiger charge is 2.18. The van der Waals surface area contributed by atoms with Gasteiger partial charge in [0.25, 0.3) is 0 Å². The summed E-state index contributed by atoms with van der Waals surface area (Å²) in [5.41, 5.74) is 12.3. The van der Waals surface area contributed by atoms with Gasteiger partial charge in [-0.25, -0.2) is 4.98 Å². The van der Waals surface area contributed by atoms with E-state index in [1.807, 2.05) is 24.3 Å². The molecule has 0 N–H and O–H groups in total. The van der Waals surface area contributed by atoms with Crippen LogP contribution in [0.5, 0.6) is 0 Å². The second-order valence-corrected chi connectivity index (χ2v) is 13.5. The number of rotatable bonds is 2. The van der Waals surface area contributed by atoms with E-state index in [0.29, 0.717) is 0 Å². The molecule has 4 aromatic heterocycles. The average Bonchev–Trinajstić information content (AvgIpc) is 3.88. The number of hydrogen-bond acceptors (Lipinski definition) is 3. The molecule has 0 saturated heterocycles. The summed E-state index contributed by atoms with van der Waals surface area (Å²) in [6.07, 6.45) is 0. The molecule has 0 atom stereocenters. The number of furan rings is 2. The van der Waals surface area contributed by atoms with E-state index in [0.717, 1.165) is 88.3 Å². The van der Waals surface area contributed by atoms with E-state index in [1.165, 1.54) is 26.9 Å². The average molecular weight is 651 g/mol. The minimum atomic E-state index is 0.869. The fraction of sp³-hybridized carbons (Fsp3) is 0. The molecular formula is C47H26N2O2. The Morgan fingerprint density at radius 1 is 0.373 bits per heavy atom. The quantitative estimate of drug-likeness (QED) is 0.175. The molecule has 0 spiro atoms. The van der Waals surface area contributed by atoms with E-state index in [1.54, 1.807) is 0 Å². The van der Waals surface area contributed by atoms with Crippen molar-refractivity contribution in [2.24, 2.45) is 0 Å². The summed E-state index contributed by atoms with van der Waals surface area (Å²) in [4.78, 5) is 5.20. The lowest BCUT2D eigenvalue weighted by atomic mass is 9.96. The monoisotopic (exact) mass is 650 g/mol. The van der Waals surface area contributed by atoms with Gasteiger partial charge in [0.1, 0.15) is 28.0 Å². The van der Waals surface area contributed by atoms with Crippen molar-refractivity contribution in [1.29, 1.82) is 0 Å². The molecule has 4 heteroatoms. The first-order valence-corrected chi connectivity index (χ1v) is 17.3. The fourth-order valence-corrected chi connectivity index (χ4v) is 8.41. The minimum absolute atomic E-state index is 0.869. The van der Waals surface area contributed by atoms with Crippen LogP contribution in [0.15, 0.2) is 167 Å². The Hall–Kier alpha value is -6.91. The summed E-state index contributed by atoms with van der Waals surface area (Å²) in [7, 11) is 0. The fourth-order valence-electron chi connectivity index (χ4n) is 8.41. The van der Waals surface area contributed by atoms with Crippen molar-refractivity contribution in [2.75, 3.05) is 0 Å². The molecule has 0 aliphatic carbocycles. The van der Waals surface area contributed by atoms with Crippen LogP contribution in [0.3, 0.4) is 0 Å². The number of nitrogens with zero attached hydrogens (tertiary/aromatic N) is 2. The zero-order chi connectivity index (χ0) is 33.2. The first-order chi connectivity index (χ1) is 25.3. The Morgan fingerprint density at radius 2 is 0.980 bits per heavy atom. The summed E-state index contributed by atoms with van der Waals surface area (Å²) < 4.78 is 15.0. The third kappa shape index (κ3) is 3.71. The van der Waals surface area contributed by atoms with Gasteiger partial charge in [-0.15, -0.1) is 0 Å². The van der Waals surface area contributed by atoms with Gasteiger partial charge in [0, 0.05) is 32.3 Å². The van der Waals surface area contributed by atoms with E-state index >= 15 is 0 Å². The zero-order valence-corrected chi connectivity index (χ0v) is 27.2. The summed E-state index contributed by atoms with van der Waals surface area (Å²) in [5, 5.41) is 10.5. The molecule has 4 nitrogen and oxygen atoms in total. The normalized spacial score (nSPS) is 12.3. The van der Waals surface area contributed by atoms with Crippen LogP contribution in [0.25, 0.3) is 115 Å². The Morgan fingerprint density at radius 3 is 1.80 bits per heavy atom. The SMILES string of the molecule is c1ccc2c(c1)ccc1c3ccc(-c4ccc(-c5ccc6c(c5)oc5ccc7oc8ccccc8c7c56)cc4)cc3n3c4ccccc4nc3c21. The largest absolute Gasteiger partial charge is 0.456 e. The maximum atomic E-state index is 6.44. The molecule has 0 amide bonds. The predicted octanol–water partition coefficient (Wildman–Crippen LogP) is 13.1. The van der Waals surface area contributed by atoms with Crippen LogP contribution in [-0.4, -0.2) is 9.38 Å².